The van der Waals surface area contributed by atoms with Gasteiger partial charge in [-0.25, -0.2) is 15.0 Å². The number of fused-ring (bicyclic) bond motifs is 1. The van der Waals surface area contributed by atoms with Crippen LogP contribution in [0.4, 0.5) is 5.82 Å². The van der Waals surface area contributed by atoms with Crippen molar-refractivity contribution in [1.82, 2.24) is 19.9 Å². The summed E-state index contributed by atoms with van der Waals surface area (Å²) in [5, 5.41) is 12.5. The molecule has 0 amide bonds. The minimum absolute atomic E-state index is 0.00356. The Labute approximate surface area is 103 Å². The third-order valence-corrected chi connectivity index (χ3v) is 3.10. The SMILES string of the molecule is CSCC[C@H](CO)Nc1ncnc2nc[nH]c12. The molecule has 2 heterocycles. The highest BCUT2D eigenvalue weighted by molar-refractivity contribution is 7.98. The first-order valence-electron chi connectivity index (χ1n) is 5.35. The van der Waals surface area contributed by atoms with Gasteiger partial charge < -0.3 is 15.4 Å². The first-order chi connectivity index (χ1) is 8.35. The van der Waals surface area contributed by atoms with Crippen LogP contribution in [0.5, 0.6) is 0 Å². The summed E-state index contributed by atoms with van der Waals surface area (Å²) in [5.41, 5.74) is 1.40. The fourth-order valence-corrected chi connectivity index (χ4v) is 2.06. The van der Waals surface area contributed by atoms with Gasteiger partial charge >= 0.3 is 0 Å². The third kappa shape index (κ3) is 2.86. The van der Waals surface area contributed by atoms with Crippen LogP contribution in [-0.4, -0.2) is 49.7 Å². The van der Waals surface area contributed by atoms with Crippen molar-refractivity contribution in [3.8, 4) is 0 Å². The Bertz CT molecular complexity index is 474. The number of hydrogen-bond acceptors (Lipinski definition) is 6. The van der Waals surface area contributed by atoms with Crippen molar-refractivity contribution < 1.29 is 5.11 Å². The second-order valence-electron chi connectivity index (χ2n) is 3.63. The number of aromatic amines is 1. The van der Waals surface area contributed by atoms with Gasteiger partial charge in [-0.2, -0.15) is 11.8 Å². The smallest absolute Gasteiger partial charge is 0.182 e. The Morgan fingerprint density at radius 1 is 1.47 bits per heavy atom. The van der Waals surface area contributed by atoms with E-state index < -0.39 is 0 Å². The summed E-state index contributed by atoms with van der Waals surface area (Å²) in [6.45, 7) is 0.0835. The summed E-state index contributed by atoms with van der Waals surface area (Å²) in [6.07, 6.45) is 5.98. The van der Waals surface area contributed by atoms with Crippen LogP contribution in [0.3, 0.4) is 0 Å². The molecule has 2 rings (SSSR count). The van der Waals surface area contributed by atoms with Gasteiger partial charge in [0.15, 0.2) is 11.5 Å². The topological polar surface area (TPSA) is 86.7 Å². The van der Waals surface area contributed by atoms with Gasteiger partial charge in [0.1, 0.15) is 11.8 Å². The van der Waals surface area contributed by atoms with Gasteiger partial charge in [-0.3, -0.25) is 0 Å². The van der Waals surface area contributed by atoms with E-state index in [1.807, 2.05) is 6.26 Å². The molecule has 3 N–H and O–H groups in total. The highest BCUT2D eigenvalue weighted by Gasteiger charge is 2.11. The largest absolute Gasteiger partial charge is 0.394 e. The maximum atomic E-state index is 9.30. The number of hydrogen-bond donors (Lipinski definition) is 3. The number of nitrogens with one attached hydrogen (secondary N) is 2. The second kappa shape index (κ2) is 5.83. The molecule has 0 saturated carbocycles. The number of anilines is 1. The quantitative estimate of drug-likeness (QED) is 0.708. The molecule has 17 heavy (non-hydrogen) atoms. The molecule has 0 aromatic carbocycles. The summed E-state index contributed by atoms with van der Waals surface area (Å²) < 4.78 is 0. The van der Waals surface area contributed by atoms with Crippen LogP contribution < -0.4 is 5.32 Å². The number of nitrogens with zero attached hydrogens (tertiary/aromatic N) is 3. The molecule has 0 aliphatic rings. The molecule has 2 aromatic heterocycles. The molecule has 0 bridgehead atoms. The maximum absolute atomic E-state index is 9.30. The fourth-order valence-electron chi connectivity index (χ4n) is 1.54. The molecule has 0 aliphatic carbocycles. The van der Waals surface area contributed by atoms with Crippen LogP contribution in [0.15, 0.2) is 12.7 Å². The van der Waals surface area contributed by atoms with Crippen LogP contribution in [0.1, 0.15) is 6.42 Å². The normalized spacial score (nSPS) is 12.8. The molecule has 0 radical (unpaired) electrons. The highest BCUT2D eigenvalue weighted by atomic mass is 32.2. The summed E-state index contributed by atoms with van der Waals surface area (Å²) in [7, 11) is 0. The molecular formula is C10H15N5OS. The lowest BCUT2D eigenvalue weighted by Crippen LogP contribution is -2.25. The van der Waals surface area contributed by atoms with Gasteiger partial charge in [-0.15, -0.1) is 0 Å². The Hall–Kier alpha value is -1.34. The van der Waals surface area contributed by atoms with Crippen molar-refractivity contribution in [3.63, 3.8) is 0 Å². The van der Waals surface area contributed by atoms with Crippen molar-refractivity contribution >= 4 is 28.7 Å². The van der Waals surface area contributed by atoms with Gasteiger partial charge in [0.05, 0.1) is 19.0 Å². The summed E-state index contributed by atoms with van der Waals surface area (Å²) in [6, 6.07) is 0.00356. The average molecular weight is 253 g/mol. The number of aliphatic hydroxyl groups excluding tert-OH is 1. The van der Waals surface area contributed by atoms with Crippen molar-refractivity contribution in [2.75, 3.05) is 23.9 Å². The minimum atomic E-state index is 0.00356. The zero-order valence-electron chi connectivity index (χ0n) is 9.55. The predicted octanol–water partition coefficient (Wildman–Crippen LogP) is 0.879. The fraction of sp³-hybridized carbons (Fsp3) is 0.500. The standard InChI is InChI=1S/C10H15N5OS/c1-17-3-2-7(4-16)15-10-8-9(12-5-11-8)13-6-14-10/h5-7,16H,2-4H2,1H3,(H2,11,12,13,14,15)/t7-/m1/s1. The van der Waals surface area contributed by atoms with Gasteiger partial charge in [0.25, 0.3) is 0 Å². The first kappa shape index (κ1) is 12.1. The Balaban J connectivity index is 2.13. The van der Waals surface area contributed by atoms with Crippen molar-refractivity contribution in [3.05, 3.63) is 12.7 Å². The lowest BCUT2D eigenvalue weighted by atomic mass is 10.2. The zero-order chi connectivity index (χ0) is 12.1. The van der Waals surface area contributed by atoms with Crippen LogP contribution in [0.2, 0.25) is 0 Å². The summed E-state index contributed by atoms with van der Waals surface area (Å²) in [4.78, 5) is 15.3. The number of aliphatic hydroxyl groups is 1. The van der Waals surface area contributed by atoms with Crippen molar-refractivity contribution in [1.29, 1.82) is 0 Å². The number of H-pyrrole nitrogens is 1. The first-order valence-corrected chi connectivity index (χ1v) is 6.75. The second-order valence-corrected chi connectivity index (χ2v) is 4.61. The van der Waals surface area contributed by atoms with Crippen molar-refractivity contribution in [2.45, 2.75) is 12.5 Å². The zero-order valence-corrected chi connectivity index (χ0v) is 10.4. The van der Waals surface area contributed by atoms with E-state index in [4.69, 9.17) is 0 Å². The molecular weight excluding hydrogens is 238 g/mol. The predicted molar refractivity (Wildman–Crippen MR) is 69.2 cm³/mol. The molecule has 0 unspecified atom stereocenters. The molecule has 6 nitrogen and oxygen atoms in total. The van der Waals surface area contributed by atoms with Crippen LogP contribution in [-0.2, 0) is 0 Å². The van der Waals surface area contributed by atoms with E-state index >= 15 is 0 Å². The summed E-state index contributed by atoms with van der Waals surface area (Å²) >= 11 is 1.76. The molecule has 0 fully saturated rings. The Kier molecular flexibility index (Phi) is 4.16. The lowest BCUT2D eigenvalue weighted by Gasteiger charge is -2.16. The number of imidazole rings is 1. The molecule has 1 atom stereocenters. The van der Waals surface area contributed by atoms with Gasteiger partial charge in [0.2, 0.25) is 0 Å². The monoisotopic (exact) mass is 253 g/mol. The minimum Gasteiger partial charge on any atom is -0.394 e. The number of rotatable bonds is 6. The molecule has 0 aliphatic heterocycles. The maximum Gasteiger partial charge on any atom is 0.182 e. The van der Waals surface area contributed by atoms with Gasteiger partial charge in [0, 0.05) is 0 Å². The van der Waals surface area contributed by atoms with E-state index in [0.717, 1.165) is 17.7 Å². The highest BCUT2D eigenvalue weighted by Crippen LogP contribution is 2.16. The van der Waals surface area contributed by atoms with Crippen LogP contribution in [0.25, 0.3) is 11.2 Å². The van der Waals surface area contributed by atoms with Crippen LogP contribution >= 0.6 is 11.8 Å². The van der Waals surface area contributed by atoms with E-state index in [-0.39, 0.29) is 12.6 Å². The molecule has 0 spiro atoms. The Morgan fingerprint density at radius 3 is 3.12 bits per heavy atom. The number of aromatic nitrogens is 4. The van der Waals surface area contributed by atoms with E-state index in [1.165, 1.54) is 6.33 Å². The third-order valence-electron chi connectivity index (χ3n) is 2.45. The molecule has 2 aromatic rings. The summed E-state index contributed by atoms with van der Waals surface area (Å²) in [5.74, 6) is 1.68. The molecule has 0 saturated heterocycles. The lowest BCUT2D eigenvalue weighted by molar-refractivity contribution is 0.272. The van der Waals surface area contributed by atoms with Gasteiger partial charge in [-0.1, -0.05) is 0 Å². The van der Waals surface area contributed by atoms with E-state index in [1.54, 1.807) is 18.1 Å². The number of thioether (sulfide) groups is 1. The van der Waals surface area contributed by atoms with Gasteiger partial charge in [-0.05, 0) is 18.4 Å². The average Bonchev–Trinajstić information content (AvgIpc) is 2.83. The van der Waals surface area contributed by atoms with Crippen LogP contribution in [0, 0.1) is 0 Å². The van der Waals surface area contributed by atoms with E-state index in [2.05, 4.69) is 25.3 Å². The Morgan fingerprint density at radius 2 is 2.35 bits per heavy atom. The molecule has 92 valence electrons. The molecule has 7 heteroatoms. The van der Waals surface area contributed by atoms with Crippen molar-refractivity contribution in [2.24, 2.45) is 0 Å². The van der Waals surface area contributed by atoms with E-state index in [9.17, 15) is 5.11 Å². The van der Waals surface area contributed by atoms with E-state index in [0.29, 0.717) is 11.5 Å².